The topological polar surface area (TPSA) is 102 Å². The Hall–Kier alpha value is -1.89. The summed E-state index contributed by atoms with van der Waals surface area (Å²) in [6.07, 6.45) is 8.58. The first-order chi connectivity index (χ1) is 10.2. The predicted molar refractivity (Wildman–Crippen MR) is 79.5 cm³/mol. The number of nitrogens with two attached hydrogens (primary N) is 1. The van der Waals surface area contributed by atoms with Gasteiger partial charge in [-0.3, -0.25) is 14.3 Å². The average Bonchev–Trinajstić information content (AvgIpc) is 3.14. The molecule has 7 nitrogen and oxygen atoms in total. The van der Waals surface area contributed by atoms with Crippen LogP contribution in [0.25, 0.3) is 0 Å². The molecule has 1 heterocycles. The fourth-order valence-corrected chi connectivity index (χ4v) is 1.99. The second-order valence-electron chi connectivity index (χ2n) is 5.42. The van der Waals surface area contributed by atoms with Crippen molar-refractivity contribution in [2.24, 2.45) is 5.73 Å². The smallest absolute Gasteiger partial charge is 0.241 e. The second kappa shape index (κ2) is 7.78. The van der Waals surface area contributed by atoms with Crippen molar-refractivity contribution >= 4 is 17.5 Å². The highest BCUT2D eigenvalue weighted by atomic mass is 16.2. The number of amides is 2. The summed E-state index contributed by atoms with van der Waals surface area (Å²) in [4.78, 5) is 23.3. The molecular weight excluding hydrogens is 270 g/mol. The predicted octanol–water partition coefficient (Wildman–Crippen LogP) is 0.619. The number of hydrogen-bond acceptors (Lipinski definition) is 4. The number of nitrogens with zero attached hydrogens (tertiary/aromatic N) is 2. The molecule has 1 saturated carbocycles. The van der Waals surface area contributed by atoms with E-state index in [1.54, 1.807) is 12.4 Å². The van der Waals surface area contributed by atoms with Crippen LogP contribution in [0.5, 0.6) is 0 Å². The van der Waals surface area contributed by atoms with Gasteiger partial charge in [-0.1, -0.05) is 6.42 Å². The quantitative estimate of drug-likeness (QED) is 0.581. The SMILES string of the molecule is NCCCCCC(=O)Nc1cnn(CC(=O)NC2CC2)c1. The number of hydrogen-bond donors (Lipinski definition) is 3. The van der Waals surface area contributed by atoms with Gasteiger partial charge in [0.25, 0.3) is 0 Å². The minimum atomic E-state index is -0.0414. The van der Waals surface area contributed by atoms with Crippen molar-refractivity contribution in [3.63, 3.8) is 0 Å². The van der Waals surface area contributed by atoms with Gasteiger partial charge in [-0.2, -0.15) is 5.10 Å². The number of rotatable bonds is 9. The molecular formula is C14H23N5O2. The van der Waals surface area contributed by atoms with Crippen LogP contribution in [0.15, 0.2) is 12.4 Å². The zero-order chi connectivity index (χ0) is 15.1. The molecule has 1 aliphatic rings. The summed E-state index contributed by atoms with van der Waals surface area (Å²) < 4.78 is 1.53. The largest absolute Gasteiger partial charge is 0.352 e. The number of unbranched alkanes of at least 4 members (excludes halogenated alkanes) is 2. The van der Waals surface area contributed by atoms with Crippen molar-refractivity contribution in [1.82, 2.24) is 15.1 Å². The second-order valence-corrected chi connectivity index (χ2v) is 5.42. The van der Waals surface area contributed by atoms with Crippen molar-refractivity contribution in [2.45, 2.75) is 51.1 Å². The van der Waals surface area contributed by atoms with Crippen LogP contribution in [0, 0.1) is 0 Å². The Kier molecular flexibility index (Phi) is 5.74. The molecule has 7 heteroatoms. The maximum atomic E-state index is 11.7. The molecule has 1 fully saturated rings. The van der Waals surface area contributed by atoms with Gasteiger partial charge in [0.15, 0.2) is 0 Å². The molecule has 0 unspecified atom stereocenters. The summed E-state index contributed by atoms with van der Waals surface area (Å²) in [7, 11) is 0. The first kappa shape index (κ1) is 15.5. The van der Waals surface area contributed by atoms with Gasteiger partial charge in [-0.25, -0.2) is 0 Å². The Labute approximate surface area is 124 Å². The van der Waals surface area contributed by atoms with Gasteiger partial charge in [0.2, 0.25) is 11.8 Å². The lowest BCUT2D eigenvalue weighted by Gasteiger charge is -2.03. The Morgan fingerprint density at radius 3 is 2.81 bits per heavy atom. The van der Waals surface area contributed by atoms with E-state index in [1.165, 1.54) is 4.68 Å². The van der Waals surface area contributed by atoms with Crippen LogP contribution in [-0.2, 0) is 16.1 Å². The number of carbonyl (C=O) groups excluding carboxylic acids is 2. The summed E-state index contributed by atoms with van der Waals surface area (Å²) in [5.74, 6) is -0.0748. The first-order valence-corrected chi connectivity index (χ1v) is 7.49. The highest BCUT2D eigenvalue weighted by molar-refractivity contribution is 5.90. The van der Waals surface area contributed by atoms with Crippen LogP contribution in [-0.4, -0.2) is 34.2 Å². The van der Waals surface area contributed by atoms with Crippen molar-refractivity contribution in [3.8, 4) is 0 Å². The highest BCUT2D eigenvalue weighted by Crippen LogP contribution is 2.18. The van der Waals surface area contributed by atoms with E-state index in [9.17, 15) is 9.59 Å². The van der Waals surface area contributed by atoms with Gasteiger partial charge in [-0.15, -0.1) is 0 Å². The summed E-state index contributed by atoms with van der Waals surface area (Å²) in [6, 6.07) is 0.348. The van der Waals surface area contributed by atoms with E-state index in [4.69, 9.17) is 5.73 Å². The molecule has 4 N–H and O–H groups in total. The Bertz CT molecular complexity index is 481. The minimum absolute atomic E-state index is 0.0333. The third-order valence-corrected chi connectivity index (χ3v) is 3.27. The van der Waals surface area contributed by atoms with E-state index in [2.05, 4.69) is 15.7 Å². The van der Waals surface area contributed by atoms with Crippen molar-refractivity contribution in [3.05, 3.63) is 12.4 Å². The Morgan fingerprint density at radius 1 is 1.29 bits per heavy atom. The van der Waals surface area contributed by atoms with E-state index < -0.39 is 0 Å². The molecule has 0 spiro atoms. The molecule has 0 atom stereocenters. The molecule has 0 saturated heterocycles. The van der Waals surface area contributed by atoms with E-state index in [0.29, 0.717) is 24.7 Å². The summed E-state index contributed by atoms with van der Waals surface area (Å²) in [5, 5.41) is 9.75. The number of anilines is 1. The van der Waals surface area contributed by atoms with Gasteiger partial charge < -0.3 is 16.4 Å². The molecule has 0 radical (unpaired) electrons. The summed E-state index contributed by atoms with van der Waals surface area (Å²) in [5.41, 5.74) is 6.02. The Morgan fingerprint density at radius 2 is 2.10 bits per heavy atom. The van der Waals surface area contributed by atoms with Crippen LogP contribution >= 0.6 is 0 Å². The molecule has 1 aromatic heterocycles. The molecule has 2 rings (SSSR count). The van der Waals surface area contributed by atoms with Crippen molar-refractivity contribution < 1.29 is 9.59 Å². The molecule has 0 aliphatic heterocycles. The maximum absolute atomic E-state index is 11.7. The third kappa shape index (κ3) is 5.95. The first-order valence-electron chi connectivity index (χ1n) is 7.49. The molecule has 1 aliphatic carbocycles. The van der Waals surface area contributed by atoms with E-state index in [1.807, 2.05) is 0 Å². The van der Waals surface area contributed by atoms with Crippen LogP contribution in [0.1, 0.15) is 38.5 Å². The van der Waals surface area contributed by atoms with E-state index in [-0.39, 0.29) is 18.4 Å². The molecule has 21 heavy (non-hydrogen) atoms. The standard InChI is InChI=1S/C14H23N5O2/c15-7-3-1-2-4-13(20)18-12-8-16-19(9-12)10-14(21)17-11-5-6-11/h8-9,11H,1-7,10,15H2,(H,17,21)(H,18,20). The molecule has 2 amide bonds. The lowest BCUT2D eigenvalue weighted by Crippen LogP contribution is -2.29. The van der Waals surface area contributed by atoms with Crippen LogP contribution in [0.2, 0.25) is 0 Å². The van der Waals surface area contributed by atoms with Crippen LogP contribution in [0.4, 0.5) is 5.69 Å². The van der Waals surface area contributed by atoms with Crippen LogP contribution in [0.3, 0.4) is 0 Å². The molecule has 116 valence electrons. The fourth-order valence-electron chi connectivity index (χ4n) is 1.99. The van der Waals surface area contributed by atoms with Crippen molar-refractivity contribution in [2.75, 3.05) is 11.9 Å². The highest BCUT2D eigenvalue weighted by Gasteiger charge is 2.23. The monoisotopic (exact) mass is 293 g/mol. The zero-order valence-electron chi connectivity index (χ0n) is 12.2. The van der Waals surface area contributed by atoms with Gasteiger partial charge in [0.05, 0.1) is 11.9 Å². The number of aromatic nitrogens is 2. The fraction of sp³-hybridized carbons (Fsp3) is 0.643. The average molecular weight is 293 g/mol. The lowest BCUT2D eigenvalue weighted by molar-refractivity contribution is -0.122. The molecule has 1 aromatic rings. The Balaban J connectivity index is 1.69. The minimum Gasteiger partial charge on any atom is -0.352 e. The molecule has 0 aromatic carbocycles. The van der Waals surface area contributed by atoms with Gasteiger partial charge in [0, 0.05) is 18.7 Å². The zero-order valence-corrected chi connectivity index (χ0v) is 12.2. The summed E-state index contributed by atoms with van der Waals surface area (Å²) in [6.45, 7) is 0.847. The van der Waals surface area contributed by atoms with Gasteiger partial charge in [-0.05, 0) is 32.2 Å². The normalized spacial score (nSPS) is 14.0. The van der Waals surface area contributed by atoms with E-state index in [0.717, 1.165) is 32.1 Å². The molecule has 0 bridgehead atoms. The number of nitrogens with one attached hydrogen (secondary N) is 2. The van der Waals surface area contributed by atoms with Gasteiger partial charge >= 0.3 is 0 Å². The summed E-state index contributed by atoms with van der Waals surface area (Å²) >= 11 is 0. The lowest BCUT2D eigenvalue weighted by atomic mass is 10.2. The maximum Gasteiger partial charge on any atom is 0.241 e. The number of carbonyl (C=O) groups is 2. The third-order valence-electron chi connectivity index (χ3n) is 3.27. The van der Waals surface area contributed by atoms with Crippen molar-refractivity contribution in [1.29, 1.82) is 0 Å². The van der Waals surface area contributed by atoms with Crippen LogP contribution < -0.4 is 16.4 Å². The van der Waals surface area contributed by atoms with E-state index >= 15 is 0 Å². The van der Waals surface area contributed by atoms with Gasteiger partial charge in [0.1, 0.15) is 6.54 Å².